The zero-order chi connectivity index (χ0) is 22.4. The molecule has 1 heterocycles. The first kappa shape index (κ1) is 21.9. The van der Waals surface area contributed by atoms with Gasteiger partial charge in [-0.3, -0.25) is 14.9 Å². The first-order chi connectivity index (χ1) is 15.0. The van der Waals surface area contributed by atoms with Crippen molar-refractivity contribution in [3.8, 4) is 23.0 Å². The van der Waals surface area contributed by atoms with Crippen LogP contribution < -0.4 is 29.6 Å². The zero-order valence-electron chi connectivity index (χ0n) is 17.3. The number of anilines is 2. The van der Waals surface area contributed by atoms with Gasteiger partial charge in [0.25, 0.3) is 11.8 Å². The number of hydrogen-bond acceptors (Lipinski definition) is 8. The van der Waals surface area contributed by atoms with Gasteiger partial charge in [0, 0.05) is 28.8 Å². The van der Waals surface area contributed by atoms with Crippen molar-refractivity contribution in [3.05, 3.63) is 53.0 Å². The molecule has 0 fully saturated rings. The Balaban J connectivity index is 1.70. The molecule has 0 saturated heterocycles. The van der Waals surface area contributed by atoms with Crippen LogP contribution in [0.4, 0.5) is 10.8 Å². The Morgan fingerprint density at radius 3 is 2.10 bits per heavy atom. The van der Waals surface area contributed by atoms with E-state index in [1.165, 1.54) is 28.4 Å². The summed E-state index contributed by atoms with van der Waals surface area (Å²) in [6.45, 7) is 0. The van der Waals surface area contributed by atoms with Gasteiger partial charge in [0.2, 0.25) is 0 Å². The fourth-order valence-corrected chi connectivity index (χ4v) is 3.34. The predicted octanol–water partition coefficient (Wildman–Crippen LogP) is 3.68. The van der Waals surface area contributed by atoms with E-state index in [1.54, 1.807) is 41.8 Å². The van der Waals surface area contributed by atoms with Crippen LogP contribution >= 0.6 is 11.3 Å². The van der Waals surface area contributed by atoms with E-state index in [-0.39, 0.29) is 10.8 Å². The summed E-state index contributed by atoms with van der Waals surface area (Å²) in [5.74, 6) is 1.18. The third kappa shape index (κ3) is 5.23. The van der Waals surface area contributed by atoms with Gasteiger partial charge in [0.1, 0.15) is 17.2 Å². The lowest BCUT2D eigenvalue weighted by Gasteiger charge is -2.10. The number of benzene rings is 2. The molecular formula is C21H21N3O6S. The van der Waals surface area contributed by atoms with Crippen molar-refractivity contribution in [1.82, 2.24) is 4.98 Å². The monoisotopic (exact) mass is 443 g/mol. The van der Waals surface area contributed by atoms with Crippen molar-refractivity contribution >= 4 is 34.0 Å². The van der Waals surface area contributed by atoms with Gasteiger partial charge < -0.3 is 24.3 Å². The summed E-state index contributed by atoms with van der Waals surface area (Å²) in [4.78, 5) is 29.3. The fraction of sp³-hybridized carbons (Fsp3) is 0.190. The van der Waals surface area contributed by atoms with Crippen LogP contribution in [0.5, 0.6) is 23.0 Å². The minimum atomic E-state index is -0.424. The third-order valence-electron chi connectivity index (χ3n) is 4.21. The Morgan fingerprint density at radius 1 is 0.806 bits per heavy atom. The molecule has 9 nitrogen and oxygen atoms in total. The Morgan fingerprint density at radius 2 is 1.48 bits per heavy atom. The number of methoxy groups -OCH3 is 4. The molecule has 1 aromatic heterocycles. The molecule has 0 aliphatic heterocycles. The number of aromatic nitrogens is 1. The van der Waals surface area contributed by atoms with Crippen LogP contribution in [0, 0.1) is 0 Å². The number of nitrogens with zero attached hydrogens (tertiary/aromatic N) is 1. The SMILES string of the molecule is COc1cc(OC)cc(C(=O)Nc2nc(C(=O)Nc3ccc(OC)c(OC)c3)cs2)c1. The van der Waals surface area contributed by atoms with Crippen molar-refractivity contribution in [3.63, 3.8) is 0 Å². The highest BCUT2D eigenvalue weighted by Gasteiger charge is 2.16. The van der Waals surface area contributed by atoms with Crippen LogP contribution in [0.3, 0.4) is 0 Å². The molecule has 0 radical (unpaired) electrons. The number of hydrogen-bond donors (Lipinski definition) is 2. The van der Waals surface area contributed by atoms with E-state index in [1.807, 2.05) is 0 Å². The van der Waals surface area contributed by atoms with Crippen molar-refractivity contribution in [2.75, 3.05) is 39.1 Å². The molecule has 0 bridgehead atoms. The Labute approximate surface area is 182 Å². The highest BCUT2D eigenvalue weighted by Crippen LogP contribution is 2.30. The quantitative estimate of drug-likeness (QED) is 0.547. The Hall–Kier alpha value is -3.79. The van der Waals surface area contributed by atoms with Gasteiger partial charge in [0.15, 0.2) is 16.6 Å². The number of carbonyl (C=O) groups excluding carboxylic acids is 2. The van der Waals surface area contributed by atoms with Crippen molar-refractivity contribution in [2.24, 2.45) is 0 Å². The lowest BCUT2D eigenvalue weighted by Crippen LogP contribution is -2.14. The molecule has 10 heteroatoms. The summed E-state index contributed by atoms with van der Waals surface area (Å²) in [6.07, 6.45) is 0. The average molecular weight is 443 g/mol. The molecule has 0 unspecified atom stereocenters. The predicted molar refractivity (Wildman–Crippen MR) is 117 cm³/mol. The molecule has 0 aliphatic rings. The van der Waals surface area contributed by atoms with Crippen molar-refractivity contribution < 1.29 is 28.5 Å². The molecule has 162 valence electrons. The van der Waals surface area contributed by atoms with E-state index in [0.29, 0.717) is 34.2 Å². The average Bonchev–Trinajstić information content (AvgIpc) is 3.27. The van der Waals surface area contributed by atoms with Gasteiger partial charge in [-0.1, -0.05) is 0 Å². The van der Waals surface area contributed by atoms with Crippen LogP contribution in [0.25, 0.3) is 0 Å². The second kappa shape index (κ2) is 9.81. The van der Waals surface area contributed by atoms with E-state index >= 15 is 0 Å². The molecule has 3 aromatic rings. The van der Waals surface area contributed by atoms with Crippen LogP contribution in [-0.4, -0.2) is 45.2 Å². The van der Waals surface area contributed by atoms with Gasteiger partial charge in [-0.05, 0) is 24.3 Å². The summed E-state index contributed by atoms with van der Waals surface area (Å²) < 4.78 is 20.8. The minimum absolute atomic E-state index is 0.165. The third-order valence-corrected chi connectivity index (χ3v) is 4.97. The summed E-state index contributed by atoms with van der Waals surface area (Å²) in [5, 5.41) is 7.25. The summed E-state index contributed by atoms with van der Waals surface area (Å²) in [6, 6.07) is 9.83. The summed E-state index contributed by atoms with van der Waals surface area (Å²) in [5.41, 5.74) is 1.02. The van der Waals surface area contributed by atoms with E-state index < -0.39 is 11.8 Å². The second-order valence-corrected chi connectivity index (χ2v) is 6.98. The summed E-state index contributed by atoms with van der Waals surface area (Å²) in [7, 11) is 6.04. The van der Waals surface area contributed by atoms with Crippen LogP contribution in [0.1, 0.15) is 20.8 Å². The number of amides is 2. The number of ether oxygens (including phenoxy) is 4. The topological polar surface area (TPSA) is 108 Å². The van der Waals surface area contributed by atoms with E-state index in [2.05, 4.69) is 15.6 Å². The standard InChI is InChI=1S/C21H21N3O6S/c1-27-14-7-12(8-15(10-14)28-2)19(25)24-21-23-16(11-31-21)20(26)22-13-5-6-17(29-3)18(9-13)30-4/h5-11H,1-4H3,(H,22,26)(H,23,24,25). The largest absolute Gasteiger partial charge is 0.497 e. The van der Waals surface area contributed by atoms with Crippen molar-refractivity contribution in [2.45, 2.75) is 0 Å². The highest BCUT2D eigenvalue weighted by molar-refractivity contribution is 7.14. The maximum Gasteiger partial charge on any atom is 0.275 e. The minimum Gasteiger partial charge on any atom is -0.497 e. The number of thiazole rings is 1. The van der Waals surface area contributed by atoms with E-state index in [0.717, 1.165) is 11.3 Å². The normalized spacial score (nSPS) is 10.2. The second-order valence-electron chi connectivity index (χ2n) is 6.12. The molecule has 2 amide bonds. The number of carbonyl (C=O) groups is 2. The van der Waals surface area contributed by atoms with Gasteiger partial charge in [-0.25, -0.2) is 4.98 Å². The maximum atomic E-state index is 12.6. The lowest BCUT2D eigenvalue weighted by molar-refractivity contribution is 0.101. The number of rotatable bonds is 8. The molecule has 3 rings (SSSR count). The van der Waals surface area contributed by atoms with Crippen molar-refractivity contribution in [1.29, 1.82) is 0 Å². The zero-order valence-corrected chi connectivity index (χ0v) is 18.2. The molecule has 2 aromatic carbocycles. The first-order valence-corrected chi connectivity index (χ1v) is 9.88. The lowest BCUT2D eigenvalue weighted by atomic mass is 10.2. The molecular weight excluding hydrogens is 422 g/mol. The van der Waals surface area contributed by atoms with Gasteiger partial charge >= 0.3 is 0 Å². The Bertz CT molecular complexity index is 1080. The fourth-order valence-electron chi connectivity index (χ4n) is 2.65. The molecule has 0 saturated carbocycles. The highest BCUT2D eigenvalue weighted by atomic mass is 32.1. The molecule has 2 N–H and O–H groups in total. The van der Waals surface area contributed by atoms with E-state index in [4.69, 9.17) is 18.9 Å². The van der Waals surface area contributed by atoms with Gasteiger partial charge in [0.05, 0.1) is 28.4 Å². The maximum absolute atomic E-state index is 12.6. The summed E-state index contributed by atoms with van der Waals surface area (Å²) >= 11 is 1.13. The van der Waals surface area contributed by atoms with Gasteiger partial charge in [-0.2, -0.15) is 0 Å². The number of nitrogens with one attached hydrogen (secondary N) is 2. The van der Waals surface area contributed by atoms with E-state index in [9.17, 15) is 9.59 Å². The van der Waals surface area contributed by atoms with Gasteiger partial charge in [-0.15, -0.1) is 11.3 Å². The Kier molecular flexibility index (Phi) is 6.93. The smallest absolute Gasteiger partial charge is 0.275 e. The first-order valence-electron chi connectivity index (χ1n) is 9.00. The van der Waals surface area contributed by atoms with Crippen LogP contribution in [-0.2, 0) is 0 Å². The molecule has 0 spiro atoms. The molecule has 31 heavy (non-hydrogen) atoms. The molecule has 0 aliphatic carbocycles. The van der Waals surface area contributed by atoms with Crippen LogP contribution in [0.2, 0.25) is 0 Å². The van der Waals surface area contributed by atoms with Crippen LogP contribution in [0.15, 0.2) is 41.8 Å². The molecule has 0 atom stereocenters.